The summed E-state index contributed by atoms with van der Waals surface area (Å²) in [5.74, 6) is 0. The average Bonchev–Trinajstić information content (AvgIpc) is 2.47. The topological polar surface area (TPSA) is 72.6 Å². The molecule has 0 atom stereocenters. The van der Waals surface area contributed by atoms with Crippen LogP contribution >= 0.6 is 12.2 Å². The third kappa shape index (κ3) is 4.00. The van der Waals surface area contributed by atoms with Crippen molar-refractivity contribution in [2.24, 2.45) is 5.73 Å². The van der Waals surface area contributed by atoms with Crippen molar-refractivity contribution in [3.8, 4) is 0 Å². The normalized spacial score (nSPS) is 17.8. The highest BCUT2D eigenvalue weighted by molar-refractivity contribution is 7.89. The van der Waals surface area contributed by atoms with Gasteiger partial charge in [-0.15, -0.1) is 0 Å². The molecule has 116 valence electrons. The van der Waals surface area contributed by atoms with Crippen LogP contribution in [0.25, 0.3) is 0 Å². The van der Waals surface area contributed by atoms with E-state index >= 15 is 0 Å². The van der Waals surface area contributed by atoms with Gasteiger partial charge in [-0.2, -0.15) is 4.31 Å². The zero-order valence-electron chi connectivity index (χ0n) is 12.0. The second-order valence-electron chi connectivity index (χ2n) is 5.13. The first kappa shape index (κ1) is 16.4. The molecule has 1 aromatic carbocycles. The highest BCUT2D eigenvalue weighted by Crippen LogP contribution is 2.22. The van der Waals surface area contributed by atoms with Crippen molar-refractivity contribution in [1.29, 1.82) is 0 Å². The number of piperidine rings is 1. The summed E-state index contributed by atoms with van der Waals surface area (Å²) in [6.45, 7) is 0.991. The molecule has 1 fully saturated rings. The van der Waals surface area contributed by atoms with E-state index < -0.39 is 10.0 Å². The maximum absolute atomic E-state index is 12.6. The predicted octanol–water partition coefficient (Wildman–Crippen LogP) is 1.31. The number of sulfonamides is 1. The van der Waals surface area contributed by atoms with E-state index in [2.05, 4.69) is 0 Å². The molecule has 2 N–H and O–H groups in total. The molecular weight excluding hydrogens is 308 g/mol. The summed E-state index contributed by atoms with van der Waals surface area (Å²) in [6.07, 6.45) is 2.10. The minimum Gasteiger partial charge on any atom is -0.393 e. The van der Waals surface area contributed by atoms with E-state index in [1.807, 2.05) is 0 Å². The smallest absolute Gasteiger partial charge is 0.243 e. The summed E-state index contributed by atoms with van der Waals surface area (Å²) >= 11 is 4.85. The first-order chi connectivity index (χ1) is 9.93. The van der Waals surface area contributed by atoms with Gasteiger partial charge in [0.2, 0.25) is 10.0 Å². The lowest BCUT2D eigenvalue weighted by atomic mass is 10.1. The van der Waals surface area contributed by atoms with Crippen molar-refractivity contribution < 1.29 is 13.2 Å². The molecule has 0 saturated carbocycles. The fourth-order valence-corrected chi connectivity index (χ4v) is 4.07. The average molecular weight is 328 g/mol. The lowest BCUT2D eigenvalue weighted by Crippen LogP contribution is -2.40. The molecule has 1 aliphatic rings. The number of hydrogen-bond acceptors (Lipinski definition) is 4. The van der Waals surface area contributed by atoms with Crippen molar-refractivity contribution in [1.82, 2.24) is 4.31 Å². The summed E-state index contributed by atoms with van der Waals surface area (Å²) in [5.41, 5.74) is 6.40. The van der Waals surface area contributed by atoms with Gasteiger partial charge in [-0.25, -0.2) is 8.42 Å². The standard InChI is InChI=1S/C14H20N2O3S2/c1-19-12-6-8-16(9-7-12)21(17,18)13-4-2-11(3-5-13)10-14(15)20/h2-5,12H,6-10H2,1H3,(H2,15,20). The fraction of sp³-hybridized carbons (Fsp3) is 0.500. The van der Waals surface area contributed by atoms with Gasteiger partial charge in [0, 0.05) is 26.6 Å². The van der Waals surface area contributed by atoms with Crippen LogP contribution in [0.5, 0.6) is 0 Å². The van der Waals surface area contributed by atoms with Gasteiger partial charge in [-0.1, -0.05) is 24.4 Å². The van der Waals surface area contributed by atoms with E-state index in [9.17, 15) is 8.42 Å². The number of rotatable bonds is 5. The quantitative estimate of drug-likeness (QED) is 0.825. The molecule has 2 rings (SSSR count). The summed E-state index contributed by atoms with van der Waals surface area (Å²) < 4.78 is 31.9. The monoisotopic (exact) mass is 328 g/mol. The number of ether oxygens (including phenoxy) is 1. The van der Waals surface area contributed by atoms with Gasteiger partial charge in [0.15, 0.2) is 0 Å². The van der Waals surface area contributed by atoms with Crippen molar-refractivity contribution in [2.75, 3.05) is 20.2 Å². The molecule has 5 nitrogen and oxygen atoms in total. The van der Waals surface area contributed by atoms with E-state index in [0.717, 1.165) is 18.4 Å². The first-order valence-corrected chi connectivity index (χ1v) is 8.68. The summed E-state index contributed by atoms with van der Waals surface area (Å²) in [4.78, 5) is 0.706. The third-order valence-electron chi connectivity index (χ3n) is 3.67. The highest BCUT2D eigenvalue weighted by Gasteiger charge is 2.29. The zero-order chi connectivity index (χ0) is 15.5. The molecule has 0 radical (unpaired) electrons. The Morgan fingerprint density at radius 1 is 1.33 bits per heavy atom. The maximum atomic E-state index is 12.6. The second-order valence-corrected chi connectivity index (χ2v) is 7.59. The van der Waals surface area contributed by atoms with Crippen LogP contribution in [0.15, 0.2) is 29.2 Å². The minimum absolute atomic E-state index is 0.157. The Balaban J connectivity index is 2.11. The van der Waals surface area contributed by atoms with Crippen LogP contribution in [0.2, 0.25) is 0 Å². The molecule has 0 bridgehead atoms. The molecule has 7 heteroatoms. The fourth-order valence-electron chi connectivity index (χ4n) is 2.44. The maximum Gasteiger partial charge on any atom is 0.243 e. The Bertz CT molecular complexity index is 591. The van der Waals surface area contributed by atoms with E-state index in [4.69, 9.17) is 22.7 Å². The van der Waals surface area contributed by atoms with Gasteiger partial charge >= 0.3 is 0 Å². The minimum atomic E-state index is -3.43. The molecule has 0 unspecified atom stereocenters. The Hall–Kier alpha value is -1.02. The van der Waals surface area contributed by atoms with E-state index in [0.29, 0.717) is 29.4 Å². The van der Waals surface area contributed by atoms with Crippen LogP contribution in [-0.2, 0) is 21.2 Å². The molecule has 1 aromatic rings. The van der Waals surface area contributed by atoms with Crippen LogP contribution in [0.1, 0.15) is 18.4 Å². The van der Waals surface area contributed by atoms with Gasteiger partial charge in [-0.3, -0.25) is 0 Å². The molecule has 21 heavy (non-hydrogen) atoms. The van der Waals surface area contributed by atoms with E-state index in [1.54, 1.807) is 31.4 Å². The molecule has 1 heterocycles. The van der Waals surface area contributed by atoms with Crippen molar-refractivity contribution in [3.63, 3.8) is 0 Å². The number of methoxy groups -OCH3 is 1. The van der Waals surface area contributed by atoms with Gasteiger partial charge in [0.25, 0.3) is 0 Å². The first-order valence-electron chi connectivity index (χ1n) is 6.83. The van der Waals surface area contributed by atoms with Gasteiger partial charge < -0.3 is 10.5 Å². The molecule has 0 aliphatic carbocycles. The lowest BCUT2D eigenvalue weighted by molar-refractivity contribution is 0.0604. The largest absolute Gasteiger partial charge is 0.393 e. The number of benzene rings is 1. The van der Waals surface area contributed by atoms with Crippen LogP contribution in [-0.4, -0.2) is 44.0 Å². The molecule has 0 aromatic heterocycles. The Kier molecular flexibility index (Phi) is 5.32. The van der Waals surface area contributed by atoms with E-state index in [1.165, 1.54) is 4.31 Å². The second kappa shape index (κ2) is 6.83. The highest BCUT2D eigenvalue weighted by atomic mass is 32.2. The molecule has 1 saturated heterocycles. The Morgan fingerprint density at radius 2 is 1.90 bits per heavy atom. The predicted molar refractivity (Wildman–Crippen MR) is 85.7 cm³/mol. The molecule has 0 spiro atoms. The summed E-state index contributed by atoms with van der Waals surface area (Å²) in [7, 11) is -1.76. The van der Waals surface area contributed by atoms with Crippen LogP contribution in [0.4, 0.5) is 0 Å². The van der Waals surface area contributed by atoms with Crippen LogP contribution < -0.4 is 5.73 Å². The van der Waals surface area contributed by atoms with Crippen molar-refractivity contribution >= 4 is 27.2 Å². The number of nitrogens with two attached hydrogens (primary N) is 1. The van der Waals surface area contributed by atoms with Crippen LogP contribution in [0, 0.1) is 0 Å². The summed E-state index contributed by atoms with van der Waals surface area (Å²) in [5, 5.41) is 0. The Labute approximate surface area is 131 Å². The number of hydrogen-bond donors (Lipinski definition) is 1. The van der Waals surface area contributed by atoms with Crippen LogP contribution in [0.3, 0.4) is 0 Å². The van der Waals surface area contributed by atoms with Gasteiger partial charge in [-0.05, 0) is 30.5 Å². The van der Waals surface area contributed by atoms with Gasteiger partial charge in [0.05, 0.1) is 16.0 Å². The SMILES string of the molecule is COC1CCN(S(=O)(=O)c2ccc(CC(N)=S)cc2)CC1. The third-order valence-corrected chi connectivity index (χ3v) is 5.73. The Morgan fingerprint density at radius 3 is 2.38 bits per heavy atom. The van der Waals surface area contributed by atoms with Gasteiger partial charge in [0.1, 0.15) is 0 Å². The number of nitrogens with zero attached hydrogens (tertiary/aromatic N) is 1. The van der Waals surface area contributed by atoms with Crippen molar-refractivity contribution in [3.05, 3.63) is 29.8 Å². The number of thiocarbonyl (C=S) groups is 1. The lowest BCUT2D eigenvalue weighted by Gasteiger charge is -2.30. The van der Waals surface area contributed by atoms with Crippen molar-refractivity contribution in [2.45, 2.75) is 30.3 Å². The molecular formula is C14H20N2O3S2. The summed E-state index contributed by atoms with van der Waals surface area (Å²) in [6, 6.07) is 6.75. The molecule has 0 amide bonds. The zero-order valence-corrected chi connectivity index (χ0v) is 13.6. The van der Waals surface area contributed by atoms with E-state index in [-0.39, 0.29) is 6.10 Å². The molecule has 1 aliphatic heterocycles.